The van der Waals surface area contributed by atoms with Gasteiger partial charge in [0.2, 0.25) is 5.91 Å². The number of hydrazine groups is 1. The average Bonchev–Trinajstić information content (AvgIpc) is 1.95. The molecule has 0 aromatic rings. The standard InChI is InChI=1S/C6H11N3OS/c1-6(2)4(10)9(3)5(11)7-8-6/h8H,1-3H3,(H,7,11). The highest BCUT2D eigenvalue weighted by molar-refractivity contribution is 7.80. The minimum atomic E-state index is -0.572. The lowest BCUT2D eigenvalue weighted by molar-refractivity contribution is -0.133. The fourth-order valence-electron chi connectivity index (χ4n) is 0.859. The molecule has 4 nitrogen and oxygen atoms in total. The van der Waals surface area contributed by atoms with Crippen molar-refractivity contribution in [2.75, 3.05) is 7.05 Å². The van der Waals surface area contributed by atoms with Gasteiger partial charge in [0.15, 0.2) is 5.11 Å². The van der Waals surface area contributed by atoms with Gasteiger partial charge < -0.3 is 0 Å². The van der Waals surface area contributed by atoms with Gasteiger partial charge in [0.1, 0.15) is 5.54 Å². The first-order valence-electron chi connectivity index (χ1n) is 3.30. The van der Waals surface area contributed by atoms with E-state index in [0.717, 1.165) is 0 Å². The van der Waals surface area contributed by atoms with Crippen LogP contribution in [0.15, 0.2) is 0 Å². The highest BCUT2D eigenvalue weighted by atomic mass is 32.1. The van der Waals surface area contributed by atoms with Crippen LogP contribution >= 0.6 is 12.2 Å². The van der Waals surface area contributed by atoms with Crippen molar-refractivity contribution in [1.82, 2.24) is 15.8 Å². The third-order valence-electron chi connectivity index (χ3n) is 1.63. The largest absolute Gasteiger partial charge is 0.297 e. The zero-order chi connectivity index (χ0) is 8.65. The van der Waals surface area contributed by atoms with Gasteiger partial charge in [-0.1, -0.05) is 0 Å². The first kappa shape index (κ1) is 8.42. The maximum atomic E-state index is 11.4. The number of hydrogen-bond donors (Lipinski definition) is 2. The average molecular weight is 173 g/mol. The third kappa shape index (κ3) is 1.34. The lowest BCUT2D eigenvalue weighted by atomic mass is 10.0. The number of thiocarbonyl (C=S) groups is 1. The Bertz CT molecular complexity index is 214. The van der Waals surface area contributed by atoms with Gasteiger partial charge in [-0.3, -0.25) is 15.1 Å². The van der Waals surface area contributed by atoms with E-state index in [-0.39, 0.29) is 5.91 Å². The number of nitrogens with one attached hydrogen (secondary N) is 2. The number of amides is 1. The van der Waals surface area contributed by atoms with Crippen molar-refractivity contribution >= 4 is 23.2 Å². The second-order valence-corrected chi connectivity index (χ2v) is 3.43. The van der Waals surface area contributed by atoms with Crippen LogP contribution in [0.5, 0.6) is 0 Å². The lowest BCUT2D eigenvalue weighted by Crippen LogP contribution is -2.67. The van der Waals surface area contributed by atoms with Crippen LogP contribution < -0.4 is 10.9 Å². The first-order valence-corrected chi connectivity index (χ1v) is 3.71. The molecule has 5 heteroatoms. The summed E-state index contributed by atoms with van der Waals surface area (Å²) in [5.41, 5.74) is 4.97. The van der Waals surface area contributed by atoms with E-state index in [1.54, 1.807) is 20.9 Å². The van der Waals surface area contributed by atoms with Gasteiger partial charge >= 0.3 is 0 Å². The number of rotatable bonds is 0. The predicted molar refractivity (Wildman–Crippen MR) is 45.7 cm³/mol. The molecule has 0 aliphatic carbocycles. The molecule has 1 aliphatic rings. The molecule has 1 saturated heterocycles. The van der Waals surface area contributed by atoms with Crippen molar-refractivity contribution in [3.63, 3.8) is 0 Å². The van der Waals surface area contributed by atoms with E-state index in [1.165, 1.54) is 4.90 Å². The van der Waals surface area contributed by atoms with E-state index in [0.29, 0.717) is 5.11 Å². The van der Waals surface area contributed by atoms with Crippen molar-refractivity contribution in [1.29, 1.82) is 0 Å². The van der Waals surface area contributed by atoms with E-state index in [1.807, 2.05) is 0 Å². The summed E-state index contributed by atoms with van der Waals surface area (Å²) in [5, 5.41) is 0.411. The molecule has 1 fully saturated rings. The second kappa shape index (κ2) is 2.42. The van der Waals surface area contributed by atoms with Gasteiger partial charge in [-0.15, -0.1) is 0 Å². The Morgan fingerprint density at radius 1 is 1.55 bits per heavy atom. The number of carbonyl (C=O) groups excluding carboxylic acids is 1. The molecule has 1 rings (SSSR count). The monoisotopic (exact) mass is 173 g/mol. The van der Waals surface area contributed by atoms with Gasteiger partial charge in [-0.25, -0.2) is 5.43 Å². The van der Waals surface area contributed by atoms with Gasteiger partial charge in [0.05, 0.1) is 0 Å². The van der Waals surface area contributed by atoms with Crippen LogP contribution in [-0.4, -0.2) is 28.5 Å². The molecule has 0 spiro atoms. The third-order valence-corrected chi connectivity index (χ3v) is 2.00. The van der Waals surface area contributed by atoms with Crippen LogP contribution in [0.25, 0.3) is 0 Å². The van der Waals surface area contributed by atoms with Gasteiger partial charge in [-0.2, -0.15) is 0 Å². The smallest absolute Gasteiger partial charge is 0.249 e. The molecule has 2 N–H and O–H groups in total. The van der Waals surface area contributed by atoms with E-state index in [2.05, 4.69) is 10.9 Å². The first-order chi connectivity index (χ1) is 4.95. The van der Waals surface area contributed by atoms with E-state index in [4.69, 9.17) is 12.2 Å². The topological polar surface area (TPSA) is 44.4 Å². The molecule has 0 aromatic carbocycles. The molecule has 0 radical (unpaired) electrons. The molecule has 62 valence electrons. The molecule has 1 amide bonds. The lowest BCUT2D eigenvalue weighted by Gasteiger charge is -2.36. The minimum absolute atomic E-state index is 0.0266. The number of hydrogen-bond acceptors (Lipinski definition) is 3. The fourth-order valence-corrected chi connectivity index (χ4v) is 0.992. The summed E-state index contributed by atoms with van der Waals surface area (Å²) in [6.45, 7) is 3.58. The molecule has 0 bridgehead atoms. The predicted octanol–water partition coefficient (Wildman–Crippen LogP) is -0.384. The van der Waals surface area contributed by atoms with Crippen molar-refractivity contribution in [2.45, 2.75) is 19.4 Å². The summed E-state index contributed by atoms with van der Waals surface area (Å²) >= 11 is 4.84. The molecule has 0 aromatic heterocycles. The summed E-state index contributed by atoms with van der Waals surface area (Å²) in [5.74, 6) is -0.0266. The van der Waals surface area contributed by atoms with E-state index < -0.39 is 5.54 Å². The molecular weight excluding hydrogens is 162 g/mol. The molecule has 1 heterocycles. The van der Waals surface area contributed by atoms with Crippen molar-refractivity contribution in [2.24, 2.45) is 0 Å². The zero-order valence-electron chi connectivity index (χ0n) is 6.76. The molecule has 0 unspecified atom stereocenters. The Morgan fingerprint density at radius 3 is 2.55 bits per heavy atom. The maximum Gasteiger partial charge on any atom is 0.249 e. The highest BCUT2D eigenvalue weighted by Gasteiger charge is 2.35. The summed E-state index contributed by atoms with van der Waals surface area (Å²) in [4.78, 5) is 12.8. The van der Waals surface area contributed by atoms with Gasteiger partial charge in [0.25, 0.3) is 0 Å². The van der Waals surface area contributed by atoms with Crippen LogP contribution in [0.2, 0.25) is 0 Å². The van der Waals surface area contributed by atoms with E-state index in [9.17, 15) is 4.79 Å². The highest BCUT2D eigenvalue weighted by Crippen LogP contribution is 2.09. The number of nitrogens with zero attached hydrogens (tertiary/aromatic N) is 1. The van der Waals surface area contributed by atoms with Crippen molar-refractivity contribution < 1.29 is 4.79 Å². The van der Waals surface area contributed by atoms with Gasteiger partial charge in [-0.05, 0) is 26.1 Å². The van der Waals surface area contributed by atoms with Crippen LogP contribution in [-0.2, 0) is 4.79 Å². The van der Waals surface area contributed by atoms with Crippen molar-refractivity contribution in [3.8, 4) is 0 Å². The Labute approximate surface area is 70.9 Å². The number of carbonyl (C=O) groups is 1. The van der Waals surface area contributed by atoms with Gasteiger partial charge in [0, 0.05) is 7.05 Å². The number of likely N-dealkylation sites (N-methyl/N-ethyl adjacent to an activating group) is 1. The minimum Gasteiger partial charge on any atom is -0.297 e. The molecule has 11 heavy (non-hydrogen) atoms. The Hall–Kier alpha value is -0.680. The zero-order valence-corrected chi connectivity index (χ0v) is 7.58. The SMILES string of the molecule is CN1C(=O)C(C)(C)NNC1=S. The van der Waals surface area contributed by atoms with Crippen LogP contribution in [0.4, 0.5) is 0 Å². The van der Waals surface area contributed by atoms with Crippen LogP contribution in [0.1, 0.15) is 13.8 Å². The van der Waals surface area contributed by atoms with E-state index >= 15 is 0 Å². The molecule has 1 aliphatic heterocycles. The maximum absolute atomic E-state index is 11.4. The van der Waals surface area contributed by atoms with Crippen LogP contribution in [0, 0.1) is 0 Å². The summed E-state index contributed by atoms with van der Waals surface area (Å²) in [6, 6.07) is 0. The summed E-state index contributed by atoms with van der Waals surface area (Å²) in [7, 11) is 1.65. The quantitative estimate of drug-likeness (QED) is 0.490. The molecular formula is C6H11N3OS. The Balaban J connectivity index is 2.84. The summed E-state index contributed by atoms with van der Waals surface area (Å²) in [6.07, 6.45) is 0. The molecule has 0 atom stereocenters. The second-order valence-electron chi connectivity index (χ2n) is 3.04. The van der Waals surface area contributed by atoms with Crippen LogP contribution in [0.3, 0.4) is 0 Å². The molecule has 0 saturated carbocycles. The summed E-state index contributed by atoms with van der Waals surface area (Å²) < 4.78 is 0. The fraction of sp³-hybridized carbons (Fsp3) is 0.667. The Kier molecular flexibility index (Phi) is 1.85. The Morgan fingerprint density at radius 2 is 2.09 bits per heavy atom. The van der Waals surface area contributed by atoms with Crippen molar-refractivity contribution in [3.05, 3.63) is 0 Å². The normalized spacial score (nSPS) is 23.4.